The molecule has 3 aromatic rings. The summed E-state index contributed by atoms with van der Waals surface area (Å²) < 4.78 is 6.83. The minimum atomic E-state index is -0.277. The number of ether oxygens (including phenoxy) is 1. The van der Waals surface area contributed by atoms with Gasteiger partial charge in [-0.3, -0.25) is 4.79 Å². The number of aryl methyl sites for hydroxylation is 2. The molecule has 0 unspecified atom stereocenters. The van der Waals surface area contributed by atoms with Gasteiger partial charge in [0.2, 0.25) is 0 Å². The maximum Gasteiger partial charge on any atom is 0.271 e. The molecule has 4 nitrogen and oxygen atoms in total. The number of rotatable bonds is 6. The molecule has 7 heteroatoms. The first-order valence-electron chi connectivity index (χ1n) is 9.10. The lowest BCUT2D eigenvalue weighted by Crippen LogP contribution is -2.17. The summed E-state index contributed by atoms with van der Waals surface area (Å²) in [6, 6.07) is 16.3. The van der Waals surface area contributed by atoms with Crippen LogP contribution in [0.3, 0.4) is 0 Å². The summed E-state index contributed by atoms with van der Waals surface area (Å²) in [5.74, 6) is 0.511. The van der Waals surface area contributed by atoms with Crippen molar-refractivity contribution in [1.29, 1.82) is 0 Å². The van der Waals surface area contributed by atoms with E-state index in [-0.39, 0.29) is 5.91 Å². The van der Waals surface area contributed by atoms with Gasteiger partial charge in [0.15, 0.2) is 0 Å². The predicted molar refractivity (Wildman–Crippen MR) is 126 cm³/mol. The van der Waals surface area contributed by atoms with Crippen molar-refractivity contribution in [2.24, 2.45) is 5.10 Å². The van der Waals surface area contributed by atoms with Crippen LogP contribution in [0.1, 0.15) is 32.6 Å². The van der Waals surface area contributed by atoms with Crippen molar-refractivity contribution in [3.63, 3.8) is 0 Å². The summed E-state index contributed by atoms with van der Waals surface area (Å²) >= 11 is 15.5. The first kappa shape index (κ1) is 22.3. The van der Waals surface area contributed by atoms with E-state index in [1.54, 1.807) is 36.5 Å². The molecule has 0 saturated heterocycles. The number of carbonyl (C=O) groups is 1. The SMILES string of the molecule is Cc1cc(/C=N\NC(=O)c2cccc(Br)c2)cc(C)c1OCc1ccc(Cl)cc1Cl. The Labute approximate surface area is 194 Å². The molecule has 1 amide bonds. The first-order valence-corrected chi connectivity index (χ1v) is 10.7. The standard InChI is InChI=1S/C23H19BrCl2N2O2/c1-14-8-16(12-27-28-23(29)17-4-3-5-19(24)10-17)9-15(2)22(14)30-13-18-6-7-20(25)11-21(18)26/h3-12H,13H2,1-2H3,(H,28,29)/b27-12-. The van der Waals surface area contributed by atoms with E-state index in [1.165, 1.54) is 0 Å². The Bertz CT molecular complexity index is 1090. The van der Waals surface area contributed by atoms with E-state index in [9.17, 15) is 4.79 Å². The third-order valence-electron chi connectivity index (χ3n) is 4.34. The molecular formula is C23H19BrCl2N2O2. The minimum Gasteiger partial charge on any atom is -0.488 e. The molecule has 30 heavy (non-hydrogen) atoms. The number of benzene rings is 3. The van der Waals surface area contributed by atoms with Crippen molar-refractivity contribution >= 4 is 51.3 Å². The summed E-state index contributed by atoms with van der Waals surface area (Å²) in [4.78, 5) is 12.2. The number of amides is 1. The maximum atomic E-state index is 12.2. The zero-order valence-corrected chi connectivity index (χ0v) is 19.5. The molecule has 0 bridgehead atoms. The van der Waals surface area contributed by atoms with Crippen molar-refractivity contribution in [1.82, 2.24) is 5.43 Å². The Hall–Kier alpha value is -2.34. The van der Waals surface area contributed by atoms with Crippen LogP contribution >= 0.6 is 39.1 Å². The van der Waals surface area contributed by atoms with Crippen molar-refractivity contribution in [2.75, 3.05) is 0 Å². The van der Waals surface area contributed by atoms with Gasteiger partial charge in [0.25, 0.3) is 5.91 Å². The molecule has 3 rings (SSSR count). The second-order valence-corrected chi connectivity index (χ2v) is 8.48. The number of hydrogen-bond acceptors (Lipinski definition) is 3. The highest BCUT2D eigenvalue weighted by Gasteiger charge is 2.09. The minimum absolute atomic E-state index is 0.277. The highest BCUT2D eigenvalue weighted by atomic mass is 79.9. The van der Waals surface area contributed by atoms with Crippen molar-refractivity contribution in [3.05, 3.63) is 96.9 Å². The third kappa shape index (κ3) is 5.85. The smallest absolute Gasteiger partial charge is 0.271 e. The molecule has 3 aromatic carbocycles. The van der Waals surface area contributed by atoms with E-state index in [2.05, 4.69) is 26.5 Å². The van der Waals surface area contributed by atoms with E-state index in [4.69, 9.17) is 27.9 Å². The van der Waals surface area contributed by atoms with E-state index in [0.29, 0.717) is 22.2 Å². The molecule has 0 aliphatic carbocycles. The Morgan fingerprint density at radius 1 is 1.10 bits per heavy atom. The van der Waals surface area contributed by atoms with E-state index < -0.39 is 0 Å². The number of carbonyl (C=O) groups excluding carboxylic acids is 1. The molecule has 1 N–H and O–H groups in total. The third-order valence-corrected chi connectivity index (χ3v) is 5.42. The number of nitrogens with one attached hydrogen (secondary N) is 1. The van der Waals surface area contributed by atoms with E-state index in [1.807, 2.05) is 38.1 Å². The molecule has 154 valence electrons. The number of nitrogens with zero attached hydrogens (tertiary/aromatic N) is 1. The molecule has 0 radical (unpaired) electrons. The van der Waals surface area contributed by atoms with Gasteiger partial charge in [0.05, 0.1) is 6.21 Å². The van der Waals surface area contributed by atoms with Gasteiger partial charge in [-0.25, -0.2) is 5.43 Å². The zero-order chi connectivity index (χ0) is 21.7. The fourth-order valence-corrected chi connectivity index (χ4v) is 3.80. The zero-order valence-electron chi connectivity index (χ0n) is 16.4. The molecule has 0 aliphatic heterocycles. The van der Waals surface area contributed by atoms with Crippen molar-refractivity contribution in [2.45, 2.75) is 20.5 Å². The largest absolute Gasteiger partial charge is 0.488 e. The molecule has 0 heterocycles. The normalized spacial score (nSPS) is 11.0. The van der Waals surface area contributed by atoms with Crippen LogP contribution in [0.5, 0.6) is 5.75 Å². The first-order chi connectivity index (χ1) is 14.3. The van der Waals surface area contributed by atoms with Crippen LogP contribution in [-0.2, 0) is 6.61 Å². The lowest BCUT2D eigenvalue weighted by molar-refractivity contribution is 0.0955. The predicted octanol–water partition coefficient (Wildman–Crippen LogP) is 6.72. The van der Waals surface area contributed by atoms with Crippen LogP contribution in [0.25, 0.3) is 0 Å². The van der Waals surface area contributed by atoms with E-state index in [0.717, 1.165) is 32.5 Å². The Kier molecular flexibility index (Phi) is 7.53. The molecule has 0 aliphatic rings. The van der Waals surface area contributed by atoms with Gasteiger partial charge < -0.3 is 4.74 Å². The van der Waals surface area contributed by atoms with Gasteiger partial charge in [-0.15, -0.1) is 0 Å². The highest BCUT2D eigenvalue weighted by Crippen LogP contribution is 2.27. The second-order valence-electron chi connectivity index (χ2n) is 6.72. The summed E-state index contributed by atoms with van der Waals surface area (Å²) in [6.45, 7) is 4.26. The van der Waals surface area contributed by atoms with Gasteiger partial charge in [-0.05, 0) is 73.0 Å². The average Bonchev–Trinajstić information content (AvgIpc) is 2.68. The molecule has 0 saturated carbocycles. The van der Waals surface area contributed by atoms with Crippen LogP contribution in [-0.4, -0.2) is 12.1 Å². The highest BCUT2D eigenvalue weighted by molar-refractivity contribution is 9.10. The van der Waals surface area contributed by atoms with Crippen LogP contribution < -0.4 is 10.2 Å². The summed E-state index contributed by atoms with van der Waals surface area (Å²) in [5, 5.41) is 5.22. The lowest BCUT2D eigenvalue weighted by atomic mass is 10.1. The van der Waals surface area contributed by atoms with Crippen LogP contribution in [0.2, 0.25) is 10.0 Å². The van der Waals surface area contributed by atoms with E-state index >= 15 is 0 Å². The monoisotopic (exact) mass is 504 g/mol. The van der Waals surface area contributed by atoms with Gasteiger partial charge in [0.1, 0.15) is 12.4 Å². The topological polar surface area (TPSA) is 50.7 Å². The number of halogens is 3. The van der Waals surface area contributed by atoms with Gasteiger partial charge in [-0.1, -0.05) is 51.3 Å². The van der Waals surface area contributed by atoms with Gasteiger partial charge in [-0.2, -0.15) is 5.10 Å². The lowest BCUT2D eigenvalue weighted by Gasteiger charge is -2.14. The fourth-order valence-electron chi connectivity index (χ4n) is 2.93. The van der Waals surface area contributed by atoms with Crippen LogP contribution in [0.4, 0.5) is 0 Å². The Balaban J connectivity index is 1.66. The van der Waals surface area contributed by atoms with Gasteiger partial charge in [0, 0.05) is 25.6 Å². The molecule has 0 fully saturated rings. The fraction of sp³-hybridized carbons (Fsp3) is 0.130. The summed E-state index contributed by atoms with van der Waals surface area (Å²) in [6.07, 6.45) is 1.61. The molecule has 0 spiro atoms. The Morgan fingerprint density at radius 3 is 2.50 bits per heavy atom. The molecule has 0 aromatic heterocycles. The molecule has 0 atom stereocenters. The van der Waals surface area contributed by atoms with Gasteiger partial charge >= 0.3 is 0 Å². The Morgan fingerprint density at radius 2 is 1.83 bits per heavy atom. The van der Waals surface area contributed by atoms with Crippen LogP contribution in [0.15, 0.2) is 64.2 Å². The van der Waals surface area contributed by atoms with Crippen molar-refractivity contribution in [3.8, 4) is 5.75 Å². The second kappa shape index (κ2) is 10.1. The number of hydrogen-bond donors (Lipinski definition) is 1. The average molecular weight is 506 g/mol. The quantitative estimate of drug-likeness (QED) is 0.298. The maximum absolute atomic E-state index is 12.2. The molecular weight excluding hydrogens is 487 g/mol. The summed E-state index contributed by atoms with van der Waals surface area (Å²) in [5.41, 5.74) is 6.70. The summed E-state index contributed by atoms with van der Waals surface area (Å²) in [7, 11) is 0. The van der Waals surface area contributed by atoms with Crippen LogP contribution in [0, 0.1) is 13.8 Å². The number of hydrazone groups is 1. The van der Waals surface area contributed by atoms with Crippen molar-refractivity contribution < 1.29 is 9.53 Å².